The molecule has 1 rings (SSSR count). The Hall–Kier alpha value is 0.480. The molecule has 1 fully saturated rings. The molecule has 1 aliphatic rings. The lowest BCUT2D eigenvalue weighted by atomic mass is 9.58. The van der Waals surface area contributed by atoms with Crippen molar-refractivity contribution in [1.29, 1.82) is 0 Å². The predicted molar refractivity (Wildman–Crippen MR) is 25.0 cm³/mol. The molecule has 1 radical (unpaired) electrons. The Balaban J connectivity index is 2.17. The van der Waals surface area contributed by atoms with Gasteiger partial charge in [0.15, 0.2) is 12.3 Å². The second kappa shape index (κ2) is 0.713. The molecular weight excluding hydrogens is 65.7 g/mol. The highest BCUT2D eigenvalue weighted by Crippen LogP contribution is 2.19. The molecule has 0 unspecified atom stereocenters. The zero-order valence-electron chi connectivity index (χ0n) is 2.56. The first-order valence-corrected chi connectivity index (χ1v) is 2.32. The van der Waals surface area contributed by atoms with Crippen LogP contribution >= 0.6 is 11.5 Å². The molecule has 1 heterocycles. The van der Waals surface area contributed by atoms with Crippen LogP contribution in [-0.4, -0.2) is 12.3 Å². The van der Waals surface area contributed by atoms with E-state index in [0.717, 1.165) is 5.88 Å². The fourth-order valence-corrected chi connectivity index (χ4v) is 0.236. The van der Waals surface area contributed by atoms with Crippen LogP contribution in [-0.2, 0) is 0 Å². The van der Waals surface area contributed by atoms with E-state index < -0.39 is 0 Å². The SMILES string of the molecule is CB1[B]S1. The third kappa shape index (κ3) is 0.448. The van der Waals surface area contributed by atoms with Crippen molar-refractivity contribution in [1.82, 2.24) is 0 Å². The van der Waals surface area contributed by atoms with Crippen LogP contribution in [0, 0.1) is 0 Å². The molecule has 0 amide bonds. The molecule has 1 saturated heterocycles. The Morgan fingerprint density at radius 3 is 2.25 bits per heavy atom. The van der Waals surface area contributed by atoms with Gasteiger partial charge in [0.05, 0.1) is 0 Å². The minimum absolute atomic E-state index is 0.875. The summed E-state index contributed by atoms with van der Waals surface area (Å²) in [7, 11) is 0. The average Bonchev–Trinajstić information content (AvgIpc) is 1.75. The molecule has 0 saturated carbocycles. The topological polar surface area (TPSA) is 0 Å². The van der Waals surface area contributed by atoms with Gasteiger partial charge in [-0.3, -0.25) is 11.5 Å². The van der Waals surface area contributed by atoms with Gasteiger partial charge in [0.2, 0.25) is 0 Å². The molecule has 4 heavy (non-hydrogen) atoms. The van der Waals surface area contributed by atoms with Crippen molar-refractivity contribution < 1.29 is 0 Å². The first-order valence-electron chi connectivity index (χ1n) is 1.38. The summed E-state index contributed by atoms with van der Waals surface area (Å²) in [5.74, 6) is 0.875. The fraction of sp³-hybridized carbons (Fsp3) is 1.00. The van der Waals surface area contributed by atoms with E-state index in [1.165, 1.54) is 0 Å². The summed E-state index contributed by atoms with van der Waals surface area (Å²) in [6.45, 7) is 2.19. The van der Waals surface area contributed by atoms with Gasteiger partial charge in [0.1, 0.15) is 0 Å². The first kappa shape index (κ1) is 2.70. The van der Waals surface area contributed by atoms with Crippen molar-refractivity contribution in [3.63, 3.8) is 0 Å². The normalized spacial score (nSPS) is 19.8. The number of hydrogen-bond donors (Lipinski definition) is 0. The van der Waals surface area contributed by atoms with E-state index in [2.05, 4.69) is 13.3 Å². The van der Waals surface area contributed by atoms with Crippen LogP contribution in [0.1, 0.15) is 0 Å². The van der Waals surface area contributed by atoms with Crippen LogP contribution in [0.15, 0.2) is 0 Å². The van der Waals surface area contributed by atoms with Gasteiger partial charge in [-0.05, 0) is 0 Å². The van der Waals surface area contributed by atoms with Gasteiger partial charge in [0, 0.05) is 0 Å². The zero-order chi connectivity index (χ0) is 2.99. The van der Waals surface area contributed by atoms with E-state index in [4.69, 9.17) is 0 Å². The Morgan fingerprint density at radius 2 is 2.25 bits per heavy atom. The van der Waals surface area contributed by atoms with Gasteiger partial charge in [-0.25, -0.2) is 0 Å². The first-order chi connectivity index (χ1) is 1.89. The van der Waals surface area contributed by atoms with Gasteiger partial charge in [-0.15, -0.1) is 0 Å². The van der Waals surface area contributed by atoms with E-state index in [-0.39, 0.29) is 0 Å². The lowest BCUT2D eigenvalue weighted by Crippen LogP contribution is -1.70. The van der Waals surface area contributed by atoms with Crippen LogP contribution < -0.4 is 0 Å². The second-order valence-electron chi connectivity index (χ2n) is 0.977. The van der Waals surface area contributed by atoms with Gasteiger partial charge in [-0.1, -0.05) is 6.82 Å². The molecule has 0 spiro atoms. The van der Waals surface area contributed by atoms with Crippen LogP contribution in [0.5, 0.6) is 0 Å². The highest BCUT2D eigenvalue weighted by Gasteiger charge is 2.20. The molecule has 0 bridgehead atoms. The summed E-state index contributed by atoms with van der Waals surface area (Å²) < 4.78 is 0. The lowest BCUT2D eigenvalue weighted by molar-refractivity contribution is 2.36. The molecule has 1 aliphatic heterocycles. The summed E-state index contributed by atoms with van der Waals surface area (Å²) in [6.07, 6.45) is 2.21. The van der Waals surface area contributed by atoms with Crippen LogP contribution in [0.25, 0.3) is 0 Å². The van der Waals surface area contributed by atoms with E-state index in [9.17, 15) is 0 Å². The summed E-state index contributed by atoms with van der Waals surface area (Å²) >= 11 is 1.90. The Labute approximate surface area is 31.4 Å². The smallest absolute Gasteiger partial charge is 0.164 e. The third-order valence-electron chi connectivity index (χ3n) is 0.408. The maximum absolute atomic E-state index is 2.21. The summed E-state index contributed by atoms with van der Waals surface area (Å²) in [5.41, 5.74) is 0. The molecule has 19 valence electrons. The maximum Gasteiger partial charge on any atom is 0.164 e. The van der Waals surface area contributed by atoms with Crippen molar-refractivity contribution in [2.75, 3.05) is 0 Å². The van der Waals surface area contributed by atoms with E-state index in [1.807, 2.05) is 11.5 Å². The van der Waals surface area contributed by atoms with Crippen molar-refractivity contribution in [3.8, 4) is 0 Å². The van der Waals surface area contributed by atoms with Gasteiger partial charge >= 0.3 is 0 Å². The minimum atomic E-state index is 0.875. The summed E-state index contributed by atoms with van der Waals surface area (Å²) in [6, 6.07) is 0. The quantitative estimate of drug-likeness (QED) is 0.294. The Bertz CT molecular complexity index is 25.2. The summed E-state index contributed by atoms with van der Waals surface area (Å²) in [5, 5.41) is 0. The molecule has 0 atom stereocenters. The van der Waals surface area contributed by atoms with Crippen LogP contribution in [0.2, 0.25) is 6.82 Å². The van der Waals surface area contributed by atoms with Crippen molar-refractivity contribution in [2.24, 2.45) is 0 Å². The Morgan fingerprint density at radius 1 is 2.00 bits per heavy atom. The van der Waals surface area contributed by atoms with Crippen molar-refractivity contribution in [2.45, 2.75) is 6.82 Å². The second-order valence-corrected chi connectivity index (χ2v) is 2.27. The van der Waals surface area contributed by atoms with Crippen molar-refractivity contribution in [3.05, 3.63) is 0 Å². The van der Waals surface area contributed by atoms with Crippen LogP contribution in [0.4, 0.5) is 0 Å². The molecule has 0 aliphatic carbocycles. The fourth-order valence-electron chi connectivity index (χ4n) is 0.0786. The molecular formula is CH3B2S. The lowest BCUT2D eigenvalue weighted by Gasteiger charge is -1.45. The third-order valence-corrected chi connectivity index (χ3v) is 1.22. The van der Waals surface area contributed by atoms with Crippen LogP contribution in [0.3, 0.4) is 0 Å². The van der Waals surface area contributed by atoms with E-state index in [0.29, 0.717) is 0 Å². The number of rotatable bonds is 0. The van der Waals surface area contributed by atoms with Gasteiger partial charge in [-0.2, -0.15) is 0 Å². The van der Waals surface area contributed by atoms with Crippen molar-refractivity contribution >= 4 is 23.8 Å². The van der Waals surface area contributed by atoms with Gasteiger partial charge < -0.3 is 0 Å². The van der Waals surface area contributed by atoms with E-state index in [1.54, 1.807) is 0 Å². The van der Waals surface area contributed by atoms with Gasteiger partial charge in [0.25, 0.3) is 0 Å². The zero-order valence-corrected chi connectivity index (χ0v) is 3.38. The number of hydrogen-bond acceptors (Lipinski definition) is 1. The largest absolute Gasteiger partial charge is 0.277 e. The molecule has 0 nitrogen and oxygen atoms in total. The average molecular weight is 68.7 g/mol. The molecule has 0 aromatic heterocycles. The maximum atomic E-state index is 2.21. The minimum Gasteiger partial charge on any atom is -0.277 e. The molecule has 0 aromatic rings. The monoisotopic (exact) mass is 69.0 g/mol. The highest BCUT2D eigenvalue weighted by molar-refractivity contribution is 8.68. The van der Waals surface area contributed by atoms with E-state index >= 15 is 0 Å². The standard InChI is InChI=1S/CH3B2S/c1-3-2-4-3/h1H3. The molecule has 3 heteroatoms. The molecule has 0 N–H and O–H groups in total. The Kier molecular flexibility index (Phi) is 0.482. The summed E-state index contributed by atoms with van der Waals surface area (Å²) in [4.78, 5) is 0. The molecule has 0 aromatic carbocycles. The highest BCUT2D eigenvalue weighted by atomic mass is 32.2. The predicted octanol–water partition coefficient (Wildman–Crippen LogP) is 0.470.